The standard InChI is InChI=1S/C23H26FN5O4/c24-17-12-16(13-18(14-17)33-11-8-27-6-9-32-10-7-27)20-2-1-4-28(20)21-3-5-29-22(26-21)19(15-25-29)23(30)31/h3,5,12-15,20H,1-2,4,6-11H2,(H,30,31)/t20-/m1/s1. The molecule has 1 atom stereocenters. The van der Waals surface area contributed by atoms with E-state index >= 15 is 0 Å². The molecular formula is C23H26FN5O4. The number of hydrogen-bond acceptors (Lipinski definition) is 7. The molecule has 9 nitrogen and oxygen atoms in total. The second-order valence-electron chi connectivity index (χ2n) is 8.29. The lowest BCUT2D eigenvalue weighted by Crippen LogP contribution is -2.38. The fourth-order valence-corrected chi connectivity index (χ4v) is 4.54. The first-order valence-electron chi connectivity index (χ1n) is 11.2. The minimum atomic E-state index is -1.07. The summed E-state index contributed by atoms with van der Waals surface area (Å²) in [5.41, 5.74) is 1.16. The zero-order valence-corrected chi connectivity index (χ0v) is 18.2. The molecule has 2 aliphatic rings. The van der Waals surface area contributed by atoms with E-state index < -0.39 is 5.97 Å². The van der Waals surface area contributed by atoms with Gasteiger partial charge in [-0.2, -0.15) is 5.10 Å². The molecule has 2 saturated heterocycles. The number of rotatable bonds is 7. The lowest BCUT2D eigenvalue weighted by atomic mass is 10.0. The second-order valence-corrected chi connectivity index (χ2v) is 8.29. The summed E-state index contributed by atoms with van der Waals surface area (Å²) in [4.78, 5) is 20.4. The zero-order chi connectivity index (χ0) is 22.8. The van der Waals surface area contributed by atoms with Crippen LogP contribution in [0.4, 0.5) is 10.2 Å². The van der Waals surface area contributed by atoms with Crippen LogP contribution in [-0.4, -0.2) is 76.6 Å². The first-order chi connectivity index (χ1) is 16.1. The molecule has 4 heterocycles. The van der Waals surface area contributed by atoms with Crippen molar-refractivity contribution in [1.82, 2.24) is 19.5 Å². The van der Waals surface area contributed by atoms with E-state index in [4.69, 9.17) is 9.47 Å². The zero-order valence-electron chi connectivity index (χ0n) is 18.2. The topological polar surface area (TPSA) is 92.4 Å². The average Bonchev–Trinajstić information content (AvgIpc) is 3.46. The van der Waals surface area contributed by atoms with Crippen LogP contribution in [-0.2, 0) is 4.74 Å². The Labute approximate surface area is 190 Å². The number of nitrogens with zero attached hydrogens (tertiary/aromatic N) is 5. The van der Waals surface area contributed by atoms with Crippen molar-refractivity contribution in [3.8, 4) is 5.75 Å². The van der Waals surface area contributed by atoms with Gasteiger partial charge in [-0.1, -0.05) is 0 Å². The lowest BCUT2D eigenvalue weighted by Gasteiger charge is -2.27. The molecule has 0 aliphatic carbocycles. The van der Waals surface area contributed by atoms with Crippen molar-refractivity contribution >= 4 is 17.4 Å². The van der Waals surface area contributed by atoms with E-state index in [2.05, 4.69) is 19.9 Å². The van der Waals surface area contributed by atoms with Crippen molar-refractivity contribution in [3.63, 3.8) is 0 Å². The van der Waals surface area contributed by atoms with Gasteiger partial charge in [0.2, 0.25) is 0 Å². The van der Waals surface area contributed by atoms with Gasteiger partial charge in [0.25, 0.3) is 0 Å². The molecule has 2 aromatic heterocycles. The number of halogens is 1. The number of benzene rings is 1. The van der Waals surface area contributed by atoms with Crippen LogP contribution in [0.5, 0.6) is 5.75 Å². The van der Waals surface area contributed by atoms with Crippen LogP contribution in [0.2, 0.25) is 0 Å². The van der Waals surface area contributed by atoms with E-state index in [1.165, 1.54) is 22.8 Å². The number of carbonyl (C=O) groups is 1. The maximum absolute atomic E-state index is 14.5. The summed E-state index contributed by atoms with van der Waals surface area (Å²) < 4.78 is 27.2. The Kier molecular flexibility index (Phi) is 6.10. The number of morpholine rings is 1. The van der Waals surface area contributed by atoms with Gasteiger partial charge < -0.3 is 19.5 Å². The van der Waals surface area contributed by atoms with Gasteiger partial charge in [-0.25, -0.2) is 18.7 Å². The summed E-state index contributed by atoms with van der Waals surface area (Å²) in [5.74, 6) is -0.255. The predicted molar refractivity (Wildman–Crippen MR) is 118 cm³/mol. The molecule has 2 aliphatic heterocycles. The van der Waals surface area contributed by atoms with Crippen molar-refractivity contribution in [1.29, 1.82) is 0 Å². The highest BCUT2D eigenvalue weighted by atomic mass is 19.1. The SMILES string of the molecule is O=C(O)c1cnn2ccc(N3CCC[C@@H]3c3cc(F)cc(OCCN4CCOCC4)c3)nc12. The van der Waals surface area contributed by atoms with Crippen LogP contribution in [0.1, 0.15) is 34.8 Å². The average molecular weight is 455 g/mol. The molecule has 0 radical (unpaired) electrons. The van der Waals surface area contributed by atoms with Gasteiger partial charge >= 0.3 is 5.97 Å². The van der Waals surface area contributed by atoms with Crippen LogP contribution in [0.15, 0.2) is 36.7 Å². The van der Waals surface area contributed by atoms with Crippen LogP contribution in [0.3, 0.4) is 0 Å². The van der Waals surface area contributed by atoms with Gasteiger partial charge in [0, 0.05) is 38.4 Å². The monoisotopic (exact) mass is 455 g/mol. The Balaban J connectivity index is 1.34. The van der Waals surface area contributed by atoms with Crippen molar-refractivity contribution in [2.45, 2.75) is 18.9 Å². The van der Waals surface area contributed by atoms with Gasteiger partial charge in [-0.05, 0) is 36.6 Å². The van der Waals surface area contributed by atoms with Crippen LogP contribution >= 0.6 is 0 Å². The number of carboxylic acid groups (broad SMARTS) is 1. The highest BCUT2D eigenvalue weighted by Crippen LogP contribution is 2.37. The van der Waals surface area contributed by atoms with E-state index in [9.17, 15) is 14.3 Å². The number of ether oxygens (including phenoxy) is 2. The van der Waals surface area contributed by atoms with E-state index in [1.54, 1.807) is 6.20 Å². The third-order valence-corrected chi connectivity index (χ3v) is 6.19. The Morgan fingerprint density at radius 2 is 2.09 bits per heavy atom. The third kappa shape index (κ3) is 4.62. The Hall–Kier alpha value is -3.24. The highest BCUT2D eigenvalue weighted by Gasteiger charge is 2.29. The van der Waals surface area contributed by atoms with E-state index in [-0.39, 0.29) is 23.1 Å². The molecule has 0 unspecified atom stereocenters. The van der Waals surface area contributed by atoms with Crippen LogP contribution in [0.25, 0.3) is 5.65 Å². The van der Waals surface area contributed by atoms with Gasteiger partial charge in [-0.15, -0.1) is 0 Å². The molecule has 3 aromatic rings. The van der Waals surface area contributed by atoms with Crippen molar-refractivity contribution in [3.05, 3.63) is 53.6 Å². The Morgan fingerprint density at radius 1 is 1.24 bits per heavy atom. The molecule has 0 bridgehead atoms. The normalized spacial score (nSPS) is 19.3. The molecule has 10 heteroatoms. The van der Waals surface area contributed by atoms with E-state index in [0.29, 0.717) is 18.2 Å². The molecular weight excluding hydrogens is 429 g/mol. The molecule has 2 fully saturated rings. The molecule has 1 N–H and O–H groups in total. The minimum Gasteiger partial charge on any atom is -0.492 e. The summed E-state index contributed by atoms with van der Waals surface area (Å²) in [6.45, 7) is 5.22. The van der Waals surface area contributed by atoms with Gasteiger partial charge in [0.1, 0.15) is 29.6 Å². The summed E-state index contributed by atoms with van der Waals surface area (Å²) in [5, 5.41) is 13.4. The molecule has 0 saturated carbocycles. The third-order valence-electron chi connectivity index (χ3n) is 6.19. The molecule has 0 amide bonds. The second kappa shape index (κ2) is 9.32. The first-order valence-corrected chi connectivity index (χ1v) is 11.2. The quantitative estimate of drug-likeness (QED) is 0.581. The minimum absolute atomic E-state index is 0.0503. The molecule has 0 spiro atoms. The van der Waals surface area contributed by atoms with Gasteiger partial charge in [0.15, 0.2) is 5.65 Å². The first kappa shape index (κ1) is 21.6. The fraction of sp³-hybridized carbons (Fsp3) is 0.435. The number of aromatic nitrogens is 3. The highest BCUT2D eigenvalue weighted by molar-refractivity contribution is 5.94. The number of fused-ring (bicyclic) bond motifs is 1. The smallest absolute Gasteiger partial charge is 0.341 e. The van der Waals surface area contributed by atoms with Crippen LogP contribution < -0.4 is 9.64 Å². The summed E-state index contributed by atoms with van der Waals surface area (Å²) >= 11 is 0. The predicted octanol–water partition coefficient (Wildman–Crippen LogP) is 2.62. The number of carboxylic acids is 1. The maximum atomic E-state index is 14.5. The molecule has 174 valence electrons. The van der Waals surface area contributed by atoms with Crippen molar-refractivity contribution in [2.75, 3.05) is 50.9 Å². The summed E-state index contributed by atoms with van der Waals surface area (Å²) in [7, 11) is 0. The van der Waals surface area contributed by atoms with Crippen molar-refractivity contribution in [2.24, 2.45) is 0 Å². The Morgan fingerprint density at radius 3 is 2.91 bits per heavy atom. The summed E-state index contributed by atoms with van der Waals surface area (Å²) in [6.07, 6.45) is 4.76. The fourth-order valence-electron chi connectivity index (χ4n) is 4.54. The van der Waals surface area contributed by atoms with Gasteiger partial charge in [-0.3, -0.25) is 4.90 Å². The van der Waals surface area contributed by atoms with E-state index in [0.717, 1.165) is 57.8 Å². The lowest BCUT2D eigenvalue weighted by molar-refractivity contribution is 0.0322. The van der Waals surface area contributed by atoms with Gasteiger partial charge in [0.05, 0.1) is 25.5 Å². The van der Waals surface area contributed by atoms with Crippen LogP contribution in [0, 0.1) is 5.82 Å². The number of aromatic carboxylic acids is 1. The maximum Gasteiger partial charge on any atom is 0.341 e. The largest absolute Gasteiger partial charge is 0.492 e. The van der Waals surface area contributed by atoms with Crippen molar-refractivity contribution < 1.29 is 23.8 Å². The molecule has 1 aromatic carbocycles. The summed E-state index contributed by atoms with van der Waals surface area (Å²) in [6, 6.07) is 6.58. The van der Waals surface area contributed by atoms with E-state index in [1.807, 2.05) is 12.1 Å². The molecule has 33 heavy (non-hydrogen) atoms. The number of anilines is 1. The Bertz CT molecular complexity index is 1150. The number of hydrogen-bond donors (Lipinski definition) is 1. The molecule has 5 rings (SSSR count).